The van der Waals surface area contributed by atoms with Crippen molar-refractivity contribution in [2.75, 3.05) is 7.05 Å². The first-order chi connectivity index (χ1) is 11.5. The highest BCUT2D eigenvalue weighted by molar-refractivity contribution is 5.63. The second-order valence-corrected chi connectivity index (χ2v) is 7.00. The molecule has 0 spiro atoms. The third-order valence-corrected chi connectivity index (χ3v) is 5.14. The van der Waals surface area contributed by atoms with Crippen molar-refractivity contribution in [1.82, 2.24) is 29.7 Å². The number of hydrogen-bond donors (Lipinski definition) is 1. The molecule has 24 heavy (non-hydrogen) atoms. The summed E-state index contributed by atoms with van der Waals surface area (Å²) < 4.78 is 9.87. The van der Waals surface area contributed by atoms with Crippen molar-refractivity contribution in [3.05, 3.63) is 30.9 Å². The molecule has 3 heterocycles. The molecule has 0 aliphatic heterocycles. The van der Waals surface area contributed by atoms with Crippen molar-refractivity contribution in [1.29, 1.82) is 0 Å². The van der Waals surface area contributed by atoms with Crippen LogP contribution in [-0.4, -0.2) is 43.6 Å². The Kier molecular flexibility index (Phi) is 3.35. The molecule has 0 saturated heterocycles. The van der Waals surface area contributed by atoms with Crippen molar-refractivity contribution in [2.24, 2.45) is 12.5 Å². The first-order valence-corrected chi connectivity index (χ1v) is 8.16. The average molecular weight is 326 g/mol. The van der Waals surface area contributed by atoms with Gasteiger partial charge in [-0.15, -0.1) is 0 Å². The lowest BCUT2D eigenvalue weighted by Crippen LogP contribution is -2.61. The molecule has 0 amide bonds. The van der Waals surface area contributed by atoms with Gasteiger partial charge in [0.15, 0.2) is 0 Å². The van der Waals surface area contributed by atoms with E-state index < -0.39 is 0 Å². The Balaban J connectivity index is 1.71. The molecule has 1 unspecified atom stereocenters. The van der Waals surface area contributed by atoms with Gasteiger partial charge in [-0.05, 0) is 13.1 Å². The molecule has 3 aromatic heterocycles. The van der Waals surface area contributed by atoms with E-state index in [1.807, 2.05) is 37.1 Å². The second kappa shape index (κ2) is 5.31. The summed E-state index contributed by atoms with van der Waals surface area (Å²) in [5, 5.41) is 11.9. The Labute approximate surface area is 140 Å². The SMILES string of the molecule is CNC1C[C@H](Oc2nc(-c3cnn(C)c3)cn3nccc23)C1(C)C. The lowest BCUT2D eigenvalue weighted by molar-refractivity contribution is -0.0536. The Morgan fingerprint density at radius 3 is 2.79 bits per heavy atom. The first-order valence-electron chi connectivity index (χ1n) is 8.16. The van der Waals surface area contributed by atoms with Crippen LogP contribution in [0.25, 0.3) is 16.8 Å². The van der Waals surface area contributed by atoms with E-state index in [0.29, 0.717) is 11.9 Å². The number of aromatic nitrogens is 5. The fourth-order valence-corrected chi connectivity index (χ4v) is 3.39. The summed E-state index contributed by atoms with van der Waals surface area (Å²) in [6.07, 6.45) is 8.51. The van der Waals surface area contributed by atoms with E-state index in [4.69, 9.17) is 9.72 Å². The van der Waals surface area contributed by atoms with E-state index in [-0.39, 0.29) is 11.5 Å². The predicted octanol–water partition coefficient (Wildman–Crippen LogP) is 1.90. The van der Waals surface area contributed by atoms with Crippen molar-refractivity contribution in [3.8, 4) is 17.1 Å². The molecule has 1 aliphatic carbocycles. The van der Waals surface area contributed by atoms with Gasteiger partial charge in [0, 0.05) is 36.7 Å². The zero-order valence-corrected chi connectivity index (χ0v) is 14.4. The zero-order valence-electron chi connectivity index (χ0n) is 14.4. The number of hydrogen-bond acceptors (Lipinski definition) is 5. The topological polar surface area (TPSA) is 69.3 Å². The minimum Gasteiger partial charge on any atom is -0.472 e. The maximum atomic E-state index is 6.30. The highest BCUT2D eigenvalue weighted by atomic mass is 16.5. The summed E-state index contributed by atoms with van der Waals surface area (Å²) in [7, 11) is 3.89. The smallest absolute Gasteiger partial charge is 0.240 e. The van der Waals surface area contributed by atoms with Gasteiger partial charge in [0.25, 0.3) is 0 Å². The van der Waals surface area contributed by atoms with Crippen molar-refractivity contribution >= 4 is 5.52 Å². The van der Waals surface area contributed by atoms with Crippen LogP contribution in [-0.2, 0) is 7.05 Å². The van der Waals surface area contributed by atoms with Crippen molar-refractivity contribution < 1.29 is 4.74 Å². The molecule has 3 aromatic rings. The van der Waals surface area contributed by atoms with Gasteiger partial charge >= 0.3 is 0 Å². The highest BCUT2D eigenvalue weighted by Gasteiger charge is 2.49. The lowest BCUT2D eigenvalue weighted by Gasteiger charge is -2.51. The molecule has 1 fully saturated rings. The van der Waals surface area contributed by atoms with Crippen LogP contribution in [0.1, 0.15) is 20.3 Å². The van der Waals surface area contributed by atoms with E-state index in [1.165, 1.54) is 0 Å². The van der Waals surface area contributed by atoms with Crippen LogP contribution in [0.5, 0.6) is 5.88 Å². The highest BCUT2D eigenvalue weighted by Crippen LogP contribution is 2.43. The van der Waals surface area contributed by atoms with Crippen LogP contribution < -0.4 is 10.1 Å². The summed E-state index contributed by atoms with van der Waals surface area (Å²) in [6.45, 7) is 4.45. The number of ether oxygens (including phenoxy) is 1. The van der Waals surface area contributed by atoms with Gasteiger partial charge in [-0.25, -0.2) is 9.50 Å². The average Bonchev–Trinajstić information content (AvgIpc) is 3.19. The van der Waals surface area contributed by atoms with Gasteiger partial charge in [0.1, 0.15) is 11.6 Å². The molecule has 0 aromatic carbocycles. The Morgan fingerprint density at radius 2 is 2.12 bits per heavy atom. The summed E-state index contributed by atoms with van der Waals surface area (Å²) in [5.74, 6) is 0.626. The molecule has 2 atom stereocenters. The molecule has 7 heteroatoms. The molecular weight excluding hydrogens is 304 g/mol. The molecule has 7 nitrogen and oxygen atoms in total. The van der Waals surface area contributed by atoms with E-state index in [2.05, 4.69) is 29.4 Å². The second-order valence-electron chi connectivity index (χ2n) is 7.00. The molecule has 4 rings (SSSR count). The molecular formula is C17H22N6O. The van der Waals surface area contributed by atoms with Gasteiger partial charge in [-0.1, -0.05) is 13.8 Å². The molecule has 1 N–H and O–H groups in total. The largest absolute Gasteiger partial charge is 0.472 e. The van der Waals surface area contributed by atoms with Gasteiger partial charge in [0.2, 0.25) is 5.88 Å². The quantitative estimate of drug-likeness (QED) is 0.793. The monoisotopic (exact) mass is 326 g/mol. The van der Waals surface area contributed by atoms with Gasteiger partial charge in [0.05, 0.1) is 24.3 Å². The minimum absolute atomic E-state index is 0.0672. The standard InChI is InChI=1S/C17H22N6O/c1-17(2)14(18-3)7-15(17)24-16-13-5-6-19-23(13)10-12(21-16)11-8-20-22(4)9-11/h5-6,8-10,14-15,18H,7H2,1-4H3/t14?,15-/m0/s1. The van der Waals surface area contributed by atoms with Crippen LogP contribution in [0.2, 0.25) is 0 Å². The van der Waals surface area contributed by atoms with Crippen molar-refractivity contribution in [3.63, 3.8) is 0 Å². The third kappa shape index (κ3) is 2.27. The van der Waals surface area contributed by atoms with E-state index in [9.17, 15) is 0 Å². The normalized spacial score (nSPS) is 22.5. The van der Waals surface area contributed by atoms with Crippen LogP contribution >= 0.6 is 0 Å². The maximum Gasteiger partial charge on any atom is 0.240 e. The van der Waals surface area contributed by atoms with Crippen LogP contribution in [0.15, 0.2) is 30.9 Å². The summed E-state index contributed by atoms with van der Waals surface area (Å²) in [5.41, 5.74) is 2.70. The van der Waals surface area contributed by atoms with Gasteiger partial charge in [-0.2, -0.15) is 10.2 Å². The van der Waals surface area contributed by atoms with Crippen LogP contribution in [0.3, 0.4) is 0 Å². The lowest BCUT2D eigenvalue weighted by atomic mass is 9.64. The molecule has 0 bridgehead atoms. The number of nitrogens with one attached hydrogen (secondary N) is 1. The van der Waals surface area contributed by atoms with Gasteiger partial charge in [-0.3, -0.25) is 4.68 Å². The number of aryl methyl sites for hydroxylation is 1. The fraction of sp³-hybridized carbons (Fsp3) is 0.471. The van der Waals surface area contributed by atoms with E-state index in [1.54, 1.807) is 17.1 Å². The Hall–Kier alpha value is -2.41. The fourth-order valence-electron chi connectivity index (χ4n) is 3.39. The summed E-state index contributed by atoms with van der Waals surface area (Å²) in [6, 6.07) is 2.39. The van der Waals surface area contributed by atoms with Crippen molar-refractivity contribution in [2.45, 2.75) is 32.4 Å². The maximum absolute atomic E-state index is 6.30. The van der Waals surface area contributed by atoms with E-state index in [0.717, 1.165) is 23.2 Å². The van der Waals surface area contributed by atoms with Gasteiger partial charge < -0.3 is 10.1 Å². The third-order valence-electron chi connectivity index (χ3n) is 5.14. The molecule has 1 aliphatic rings. The predicted molar refractivity (Wildman–Crippen MR) is 90.9 cm³/mol. The van der Waals surface area contributed by atoms with E-state index >= 15 is 0 Å². The summed E-state index contributed by atoms with van der Waals surface area (Å²) in [4.78, 5) is 4.74. The molecule has 0 radical (unpaired) electrons. The Morgan fingerprint density at radius 1 is 1.29 bits per heavy atom. The summed E-state index contributed by atoms with van der Waals surface area (Å²) >= 11 is 0. The molecule has 126 valence electrons. The van der Waals surface area contributed by atoms with Crippen LogP contribution in [0, 0.1) is 5.41 Å². The minimum atomic E-state index is 0.0672. The number of fused-ring (bicyclic) bond motifs is 1. The number of rotatable bonds is 4. The van der Waals surface area contributed by atoms with Crippen LogP contribution in [0.4, 0.5) is 0 Å². The zero-order chi connectivity index (χ0) is 16.9. The Bertz CT molecular complexity index is 880. The number of nitrogens with zero attached hydrogens (tertiary/aromatic N) is 5. The molecule has 1 saturated carbocycles. The first kappa shape index (κ1) is 15.1.